The summed E-state index contributed by atoms with van der Waals surface area (Å²) in [5.74, 6) is 0.237. The van der Waals surface area contributed by atoms with Crippen LogP contribution in [0.25, 0.3) is 0 Å². The Morgan fingerprint density at radius 1 is 1.50 bits per heavy atom. The summed E-state index contributed by atoms with van der Waals surface area (Å²) in [5.41, 5.74) is 1.55. The van der Waals surface area contributed by atoms with Crippen molar-refractivity contribution in [3.8, 4) is 5.75 Å². The van der Waals surface area contributed by atoms with Gasteiger partial charge >= 0.3 is 0 Å². The lowest BCUT2D eigenvalue weighted by Gasteiger charge is -2.17. The van der Waals surface area contributed by atoms with Gasteiger partial charge in [0.05, 0.1) is 24.1 Å². The maximum atomic E-state index is 12.7. The van der Waals surface area contributed by atoms with Gasteiger partial charge in [0.15, 0.2) is 0 Å². The summed E-state index contributed by atoms with van der Waals surface area (Å²) in [7, 11) is 3.33. The molecule has 1 amide bonds. The van der Waals surface area contributed by atoms with E-state index in [4.69, 9.17) is 4.74 Å². The van der Waals surface area contributed by atoms with E-state index in [1.54, 1.807) is 10.9 Å². The second-order valence-corrected chi connectivity index (χ2v) is 6.29. The van der Waals surface area contributed by atoms with Gasteiger partial charge in [-0.1, -0.05) is 0 Å². The van der Waals surface area contributed by atoms with Crippen LogP contribution in [0.3, 0.4) is 0 Å². The number of nitro groups is 1. The fourth-order valence-corrected chi connectivity index (χ4v) is 3.27. The van der Waals surface area contributed by atoms with Crippen LogP contribution >= 0.6 is 0 Å². The van der Waals surface area contributed by atoms with Gasteiger partial charge in [0.1, 0.15) is 5.75 Å². The Morgan fingerprint density at radius 2 is 2.31 bits per heavy atom. The molecule has 1 aliphatic rings. The number of nitrogens with zero attached hydrogens (tertiary/aromatic N) is 3. The Labute approximate surface area is 150 Å². The predicted molar refractivity (Wildman–Crippen MR) is 93.8 cm³/mol. The zero-order chi connectivity index (χ0) is 18.7. The van der Waals surface area contributed by atoms with Gasteiger partial charge in [-0.2, -0.15) is 5.10 Å². The zero-order valence-corrected chi connectivity index (χ0v) is 14.6. The van der Waals surface area contributed by atoms with Crippen molar-refractivity contribution in [3.63, 3.8) is 0 Å². The number of hydrogen-bond acceptors (Lipinski definition) is 6. The van der Waals surface area contributed by atoms with E-state index in [2.05, 4.69) is 15.7 Å². The second-order valence-electron chi connectivity index (χ2n) is 6.29. The van der Waals surface area contributed by atoms with Crippen LogP contribution in [0.2, 0.25) is 0 Å². The molecule has 138 valence electrons. The van der Waals surface area contributed by atoms with E-state index < -0.39 is 4.92 Å². The number of aromatic nitrogens is 2. The van der Waals surface area contributed by atoms with Crippen molar-refractivity contribution in [1.82, 2.24) is 20.4 Å². The number of non-ortho nitro benzene ring substituents is 1. The van der Waals surface area contributed by atoms with Crippen molar-refractivity contribution >= 4 is 11.6 Å². The number of carbonyl (C=O) groups is 1. The standard InChI is InChI=1S/C17H21N5O4/c1-21-10-12(7-20-21)14-8-18-9-15(14)17(23)19-6-11-5-13(22(24)25)3-4-16(11)26-2/h3-5,7,10,14-15,18H,6,8-9H2,1-2H3,(H,19,23)/t14-,15+/m1/s1. The summed E-state index contributed by atoms with van der Waals surface area (Å²) in [6.07, 6.45) is 3.70. The van der Waals surface area contributed by atoms with Crippen molar-refractivity contribution in [3.05, 3.63) is 51.8 Å². The second kappa shape index (κ2) is 7.52. The maximum Gasteiger partial charge on any atom is 0.270 e. The Bertz CT molecular complexity index is 819. The van der Waals surface area contributed by atoms with E-state index >= 15 is 0 Å². The van der Waals surface area contributed by atoms with Gasteiger partial charge in [-0.15, -0.1) is 0 Å². The number of nitrogens with one attached hydrogen (secondary N) is 2. The summed E-state index contributed by atoms with van der Waals surface area (Å²) in [6.45, 7) is 1.46. The molecule has 2 N–H and O–H groups in total. The number of aryl methyl sites for hydroxylation is 1. The molecule has 9 heteroatoms. The van der Waals surface area contributed by atoms with Crippen molar-refractivity contribution in [2.24, 2.45) is 13.0 Å². The molecular formula is C17H21N5O4. The van der Waals surface area contributed by atoms with Crippen LogP contribution in [0.1, 0.15) is 17.0 Å². The summed E-state index contributed by atoms with van der Waals surface area (Å²) in [4.78, 5) is 23.2. The van der Waals surface area contributed by atoms with Crippen LogP contribution in [-0.4, -0.2) is 40.8 Å². The third kappa shape index (κ3) is 3.67. The minimum Gasteiger partial charge on any atom is -0.496 e. The highest BCUT2D eigenvalue weighted by atomic mass is 16.6. The van der Waals surface area contributed by atoms with Crippen LogP contribution in [-0.2, 0) is 18.4 Å². The average Bonchev–Trinajstić information content (AvgIpc) is 3.27. The first-order chi connectivity index (χ1) is 12.5. The molecule has 1 aromatic carbocycles. The highest BCUT2D eigenvalue weighted by Crippen LogP contribution is 2.28. The van der Waals surface area contributed by atoms with Crippen molar-refractivity contribution in [1.29, 1.82) is 0 Å². The number of amides is 1. The number of carbonyl (C=O) groups excluding carboxylic acids is 1. The third-order valence-electron chi connectivity index (χ3n) is 4.63. The molecule has 0 spiro atoms. The number of ether oxygens (including phenoxy) is 1. The van der Waals surface area contributed by atoms with Gasteiger partial charge in [-0.05, 0) is 11.6 Å². The number of benzene rings is 1. The molecule has 2 atom stereocenters. The molecule has 0 saturated carbocycles. The third-order valence-corrected chi connectivity index (χ3v) is 4.63. The molecular weight excluding hydrogens is 338 g/mol. The monoisotopic (exact) mass is 359 g/mol. The molecule has 1 aromatic heterocycles. The smallest absolute Gasteiger partial charge is 0.270 e. The van der Waals surface area contributed by atoms with Gasteiger partial charge < -0.3 is 15.4 Å². The summed E-state index contributed by atoms with van der Waals surface area (Å²) < 4.78 is 6.95. The first kappa shape index (κ1) is 17.9. The highest BCUT2D eigenvalue weighted by molar-refractivity contribution is 5.80. The minimum absolute atomic E-state index is 0.0363. The van der Waals surface area contributed by atoms with Crippen molar-refractivity contribution in [2.45, 2.75) is 12.5 Å². The number of nitro benzene ring substituents is 1. The molecule has 1 saturated heterocycles. The molecule has 0 bridgehead atoms. The maximum absolute atomic E-state index is 12.7. The first-order valence-corrected chi connectivity index (χ1v) is 8.28. The lowest BCUT2D eigenvalue weighted by molar-refractivity contribution is -0.384. The largest absolute Gasteiger partial charge is 0.496 e. The van der Waals surface area contributed by atoms with E-state index in [1.807, 2.05) is 13.2 Å². The normalized spacial score (nSPS) is 19.3. The molecule has 3 rings (SSSR count). The Hall–Kier alpha value is -2.94. The van der Waals surface area contributed by atoms with E-state index in [0.717, 1.165) is 5.56 Å². The number of rotatable bonds is 6. The zero-order valence-electron chi connectivity index (χ0n) is 14.6. The van der Waals surface area contributed by atoms with E-state index in [0.29, 0.717) is 24.4 Å². The SMILES string of the molecule is COc1ccc([N+](=O)[O-])cc1CNC(=O)[C@H]1CNC[C@@H]1c1cnn(C)c1. The fourth-order valence-electron chi connectivity index (χ4n) is 3.27. The average molecular weight is 359 g/mol. The Balaban J connectivity index is 1.70. The topological polar surface area (TPSA) is 111 Å². The lowest BCUT2D eigenvalue weighted by Crippen LogP contribution is -2.34. The summed E-state index contributed by atoms with van der Waals surface area (Å²) in [6, 6.07) is 4.34. The summed E-state index contributed by atoms with van der Waals surface area (Å²) in [5, 5.41) is 21.3. The molecule has 0 radical (unpaired) electrons. The van der Waals surface area contributed by atoms with Crippen LogP contribution in [0.4, 0.5) is 5.69 Å². The predicted octanol–water partition coefficient (Wildman–Crippen LogP) is 0.956. The van der Waals surface area contributed by atoms with Gasteiger partial charge in [-0.25, -0.2) is 0 Å². The van der Waals surface area contributed by atoms with E-state index in [9.17, 15) is 14.9 Å². The van der Waals surface area contributed by atoms with E-state index in [-0.39, 0.29) is 30.0 Å². The molecule has 0 aliphatic carbocycles. The molecule has 2 aromatic rings. The summed E-state index contributed by atoms with van der Waals surface area (Å²) >= 11 is 0. The number of hydrogen-bond donors (Lipinski definition) is 2. The minimum atomic E-state index is -0.468. The quantitative estimate of drug-likeness (QED) is 0.587. The molecule has 0 unspecified atom stereocenters. The van der Waals surface area contributed by atoms with Gasteiger partial charge in [0.2, 0.25) is 5.91 Å². The van der Waals surface area contributed by atoms with Gasteiger partial charge in [0, 0.05) is 56.5 Å². The lowest BCUT2D eigenvalue weighted by atomic mass is 9.90. The van der Waals surface area contributed by atoms with Crippen LogP contribution < -0.4 is 15.4 Å². The molecule has 1 aliphatic heterocycles. The van der Waals surface area contributed by atoms with Gasteiger partial charge in [0.25, 0.3) is 5.69 Å². The van der Waals surface area contributed by atoms with Gasteiger partial charge in [-0.3, -0.25) is 19.6 Å². The molecule has 26 heavy (non-hydrogen) atoms. The first-order valence-electron chi connectivity index (χ1n) is 8.28. The van der Waals surface area contributed by atoms with E-state index in [1.165, 1.54) is 25.3 Å². The Kier molecular flexibility index (Phi) is 5.17. The Morgan fingerprint density at radius 3 is 2.96 bits per heavy atom. The fraction of sp³-hybridized carbons (Fsp3) is 0.412. The van der Waals surface area contributed by atoms with Crippen LogP contribution in [0.5, 0.6) is 5.75 Å². The van der Waals surface area contributed by atoms with Crippen molar-refractivity contribution < 1.29 is 14.5 Å². The number of methoxy groups -OCH3 is 1. The van der Waals surface area contributed by atoms with Crippen LogP contribution in [0, 0.1) is 16.0 Å². The molecule has 2 heterocycles. The van der Waals surface area contributed by atoms with Crippen LogP contribution in [0.15, 0.2) is 30.6 Å². The van der Waals surface area contributed by atoms with Crippen molar-refractivity contribution in [2.75, 3.05) is 20.2 Å². The molecule has 1 fully saturated rings. The molecule has 9 nitrogen and oxygen atoms in total. The highest BCUT2D eigenvalue weighted by Gasteiger charge is 2.34.